The van der Waals surface area contributed by atoms with Crippen molar-refractivity contribution in [1.29, 1.82) is 0 Å². The normalized spacial score (nSPS) is 20.0. The van der Waals surface area contributed by atoms with Crippen LogP contribution < -0.4 is 5.32 Å². The highest BCUT2D eigenvalue weighted by molar-refractivity contribution is 4.83. The van der Waals surface area contributed by atoms with Crippen LogP contribution in [0.1, 0.15) is 19.3 Å². The molecule has 0 unspecified atom stereocenters. The molecule has 0 aromatic rings. The summed E-state index contributed by atoms with van der Waals surface area (Å²) in [4.78, 5) is 0. The molecule has 0 atom stereocenters. The smallest absolute Gasteiger partial charge is 0.388 e. The zero-order chi connectivity index (χ0) is 13.5. The molecular weight excluding hydrogens is 251 g/mol. The van der Waals surface area contributed by atoms with Crippen molar-refractivity contribution in [2.24, 2.45) is 0 Å². The van der Waals surface area contributed by atoms with Crippen LogP contribution in [-0.2, 0) is 9.47 Å². The van der Waals surface area contributed by atoms with Crippen LogP contribution in [0.2, 0.25) is 0 Å². The number of rotatable bonds is 7. The molecule has 2 N–H and O–H groups in total. The lowest BCUT2D eigenvalue weighted by Gasteiger charge is -2.32. The van der Waals surface area contributed by atoms with Crippen molar-refractivity contribution in [3.05, 3.63) is 0 Å². The molecule has 7 heteroatoms. The van der Waals surface area contributed by atoms with Crippen LogP contribution >= 0.6 is 0 Å². The first-order chi connectivity index (χ1) is 8.41. The van der Waals surface area contributed by atoms with Gasteiger partial charge in [0.1, 0.15) is 6.61 Å². The first-order valence-electron chi connectivity index (χ1n) is 6.07. The molecule has 0 aliphatic carbocycles. The van der Waals surface area contributed by atoms with Gasteiger partial charge in [-0.15, -0.1) is 0 Å². The summed E-state index contributed by atoms with van der Waals surface area (Å²) >= 11 is 0. The van der Waals surface area contributed by atoms with Crippen LogP contribution in [0.4, 0.5) is 13.2 Å². The minimum atomic E-state index is -4.26. The summed E-state index contributed by atoms with van der Waals surface area (Å²) in [6, 6.07) is 0. The van der Waals surface area contributed by atoms with Gasteiger partial charge in [0.05, 0.1) is 5.60 Å². The molecule has 1 saturated heterocycles. The molecule has 0 aromatic heterocycles. The molecule has 18 heavy (non-hydrogen) atoms. The van der Waals surface area contributed by atoms with Gasteiger partial charge in [0, 0.05) is 39.2 Å². The second kappa shape index (κ2) is 7.28. The Balaban J connectivity index is 1.95. The first kappa shape index (κ1) is 15.7. The molecule has 0 bridgehead atoms. The quantitative estimate of drug-likeness (QED) is 0.681. The molecule has 1 aliphatic heterocycles. The van der Waals surface area contributed by atoms with Crippen molar-refractivity contribution < 1.29 is 27.8 Å². The second-order valence-corrected chi connectivity index (χ2v) is 4.53. The maximum absolute atomic E-state index is 11.7. The van der Waals surface area contributed by atoms with Crippen molar-refractivity contribution >= 4 is 0 Å². The first-order valence-corrected chi connectivity index (χ1v) is 6.07. The Morgan fingerprint density at radius 2 is 1.94 bits per heavy atom. The highest BCUT2D eigenvalue weighted by atomic mass is 19.4. The lowest BCUT2D eigenvalue weighted by Crippen LogP contribution is -2.45. The van der Waals surface area contributed by atoms with Crippen molar-refractivity contribution in [3.8, 4) is 0 Å². The van der Waals surface area contributed by atoms with E-state index in [-0.39, 0.29) is 6.61 Å². The molecule has 0 amide bonds. The molecule has 1 heterocycles. The van der Waals surface area contributed by atoms with Crippen molar-refractivity contribution in [2.45, 2.75) is 31.0 Å². The van der Waals surface area contributed by atoms with E-state index in [1.54, 1.807) is 0 Å². The third kappa shape index (κ3) is 7.15. The molecule has 108 valence electrons. The predicted octanol–water partition coefficient (Wildman–Crippen LogP) is 1.09. The summed E-state index contributed by atoms with van der Waals surface area (Å²) in [6.45, 7) is 0.929. The lowest BCUT2D eigenvalue weighted by molar-refractivity contribution is -0.173. The molecule has 0 aromatic carbocycles. The summed E-state index contributed by atoms with van der Waals surface area (Å²) in [5.41, 5.74) is -0.745. The van der Waals surface area contributed by atoms with E-state index in [1.165, 1.54) is 0 Å². The topological polar surface area (TPSA) is 50.7 Å². The van der Waals surface area contributed by atoms with Crippen molar-refractivity contribution in [1.82, 2.24) is 5.32 Å². The van der Waals surface area contributed by atoms with E-state index < -0.39 is 18.4 Å². The van der Waals surface area contributed by atoms with Gasteiger partial charge in [-0.05, 0) is 13.0 Å². The van der Waals surface area contributed by atoms with Gasteiger partial charge in [-0.1, -0.05) is 0 Å². The standard InChI is InChI=1S/C11H20F3NO3/c12-11(13,14)9-18-5-1-4-15-8-10(16)2-6-17-7-3-10/h15-16H,1-9H2. The Morgan fingerprint density at radius 3 is 2.56 bits per heavy atom. The van der Waals surface area contributed by atoms with Crippen LogP contribution in [0.15, 0.2) is 0 Å². The number of aliphatic hydroxyl groups is 1. The molecular formula is C11H20F3NO3. The van der Waals surface area contributed by atoms with Crippen LogP contribution in [0.25, 0.3) is 0 Å². The Kier molecular flexibility index (Phi) is 6.34. The highest BCUT2D eigenvalue weighted by Crippen LogP contribution is 2.19. The number of hydrogen-bond donors (Lipinski definition) is 2. The fourth-order valence-electron chi connectivity index (χ4n) is 1.74. The van der Waals surface area contributed by atoms with Crippen LogP contribution in [0, 0.1) is 0 Å². The van der Waals surface area contributed by atoms with Gasteiger partial charge in [0.15, 0.2) is 0 Å². The number of ether oxygens (including phenoxy) is 2. The van der Waals surface area contributed by atoms with Gasteiger partial charge in [-0.3, -0.25) is 0 Å². The molecule has 1 fully saturated rings. The van der Waals surface area contributed by atoms with Gasteiger partial charge in [-0.2, -0.15) is 13.2 Å². The highest BCUT2D eigenvalue weighted by Gasteiger charge is 2.29. The van der Waals surface area contributed by atoms with Crippen LogP contribution in [-0.4, -0.2) is 56.4 Å². The Hall–Kier alpha value is -0.370. The predicted molar refractivity (Wildman–Crippen MR) is 59.4 cm³/mol. The average molecular weight is 271 g/mol. The minimum absolute atomic E-state index is 0.0635. The Labute approximate surface area is 104 Å². The largest absolute Gasteiger partial charge is 0.411 e. The SMILES string of the molecule is OC1(CNCCCOCC(F)(F)F)CCOCC1. The number of halogens is 3. The second-order valence-electron chi connectivity index (χ2n) is 4.53. The fourth-order valence-corrected chi connectivity index (χ4v) is 1.74. The Bertz CT molecular complexity index is 230. The van der Waals surface area contributed by atoms with E-state index in [0.717, 1.165) is 0 Å². The number of alkyl halides is 3. The summed E-state index contributed by atoms with van der Waals surface area (Å²) in [5, 5.41) is 13.1. The van der Waals surface area contributed by atoms with E-state index >= 15 is 0 Å². The average Bonchev–Trinajstić information content (AvgIpc) is 2.27. The van der Waals surface area contributed by atoms with Gasteiger partial charge in [0.2, 0.25) is 0 Å². The maximum atomic E-state index is 11.7. The van der Waals surface area contributed by atoms with Crippen molar-refractivity contribution in [3.63, 3.8) is 0 Å². The van der Waals surface area contributed by atoms with E-state index in [0.29, 0.717) is 45.6 Å². The lowest BCUT2D eigenvalue weighted by atomic mass is 9.94. The summed E-state index contributed by atoms with van der Waals surface area (Å²) < 4.78 is 44.8. The van der Waals surface area contributed by atoms with E-state index in [4.69, 9.17) is 4.74 Å². The number of nitrogens with one attached hydrogen (secondary N) is 1. The summed E-state index contributed by atoms with van der Waals surface area (Å²) in [6.07, 6.45) is -2.59. The van der Waals surface area contributed by atoms with E-state index in [1.807, 2.05) is 0 Å². The zero-order valence-corrected chi connectivity index (χ0v) is 10.3. The maximum Gasteiger partial charge on any atom is 0.411 e. The van der Waals surface area contributed by atoms with Gasteiger partial charge >= 0.3 is 6.18 Å². The van der Waals surface area contributed by atoms with Gasteiger partial charge < -0.3 is 19.9 Å². The molecule has 4 nitrogen and oxygen atoms in total. The molecule has 1 aliphatic rings. The number of hydrogen-bond acceptors (Lipinski definition) is 4. The Morgan fingerprint density at radius 1 is 1.28 bits per heavy atom. The summed E-state index contributed by atoms with van der Waals surface area (Å²) in [7, 11) is 0. The summed E-state index contributed by atoms with van der Waals surface area (Å²) in [5.74, 6) is 0. The molecule has 0 spiro atoms. The molecule has 1 rings (SSSR count). The molecule has 0 radical (unpaired) electrons. The van der Waals surface area contributed by atoms with Crippen LogP contribution in [0.3, 0.4) is 0 Å². The van der Waals surface area contributed by atoms with Gasteiger partial charge in [0.25, 0.3) is 0 Å². The molecule has 0 saturated carbocycles. The van der Waals surface area contributed by atoms with Gasteiger partial charge in [-0.25, -0.2) is 0 Å². The zero-order valence-electron chi connectivity index (χ0n) is 10.3. The third-order valence-corrected chi connectivity index (χ3v) is 2.79. The third-order valence-electron chi connectivity index (χ3n) is 2.79. The van der Waals surface area contributed by atoms with E-state index in [9.17, 15) is 18.3 Å². The monoisotopic (exact) mass is 271 g/mol. The minimum Gasteiger partial charge on any atom is -0.388 e. The van der Waals surface area contributed by atoms with Crippen LogP contribution in [0.5, 0.6) is 0 Å². The van der Waals surface area contributed by atoms with Crippen molar-refractivity contribution in [2.75, 3.05) is 39.5 Å². The fraction of sp³-hybridized carbons (Fsp3) is 1.00. The van der Waals surface area contributed by atoms with E-state index in [2.05, 4.69) is 10.1 Å².